The Kier molecular flexibility index (Phi) is 3.91. The van der Waals surface area contributed by atoms with Crippen LogP contribution in [0, 0.1) is 0 Å². The zero-order valence-electron chi connectivity index (χ0n) is 13.2. The zero-order chi connectivity index (χ0) is 15.0. The molecule has 0 spiro atoms. The number of nitrogens with zero attached hydrogens (tertiary/aromatic N) is 2. The number of nitrogens with two attached hydrogens (primary N) is 1. The van der Waals surface area contributed by atoms with Gasteiger partial charge in [0.1, 0.15) is 5.82 Å². The fraction of sp³-hybridized carbons (Fsp3) is 0.588. The van der Waals surface area contributed by atoms with Gasteiger partial charge in [-0.05, 0) is 36.8 Å². The van der Waals surface area contributed by atoms with Crippen LogP contribution in [0.4, 0.5) is 5.69 Å². The van der Waals surface area contributed by atoms with Crippen molar-refractivity contribution < 1.29 is 0 Å². The Hall–Kier alpha value is -1.16. The maximum atomic E-state index is 5.92. The summed E-state index contributed by atoms with van der Waals surface area (Å²) >= 11 is 2.12. The van der Waals surface area contributed by atoms with Crippen LogP contribution in [0.15, 0.2) is 18.2 Å². The number of thioether (sulfide) groups is 1. The molecule has 1 aromatic carbocycles. The molecule has 1 aromatic heterocycles. The smallest absolute Gasteiger partial charge is 0.115 e. The Balaban J connectivity index is 2.04. The number of rotatable bonds is 2. The summed E-state index contributed by atoms with van der Waals surface area (Å²) in [5, 5.41) is 0.717. The highest BCUT2D eigenvalue weighted by atomic mass is 32.2. The van der Waals surface area contributed by atoms with Crippen LogP contribution >= 0.6 is 11.8 Å². The Bertz CT molecular complexity index is 633. The normalized spacial score (nSPS) is 20.0. The van der Waals surface area contributed by atoms with Gasteiger partial charge in [0.15, 0.2) is 0 Å². The minimum Gasteiger partial charge on any atom is -0.399 e. The van der Waals surface area contributed by atoms with Crippen LogP contribution in [-0.4, -0.2) is 20.6 Å². The van der Waals surface area contributed by atoms with Gasteiger partial charge in [-0.1, -0.05) is 27.2 Å². The van der Waals surface area contributed by atoms with Crippen LogP contribution in [-0.2, 0) is 12.0 Å². The summed E-state index contributed by atoms with van der Waals surface area (Å²) in [5.41, 5.74) is 9.01. The highest BCUT2D eigenvalue weighted by Crippen LogP contribution is 2.32. The lowest BCUT2D eigenvalue weighted by Gasteiger charge is -2.26. The van der Waals surface area contributed by atoms with Crippen molar-refractivity contribution in [2.24, 2.45) is 0 Å². The largest absolute Gasteiger partial charge is 0.399 e. The summed E-state index contributed by atoms with van der Waals surface area (Å²) in [6, 6.07) is 6.11. The number of anilines is 1. The van der Waals surface area contributed by atoms with Crippen molar-refractivity contribution in [1.29, 1.82) is 0 Å². The third-order valence-electron chi connectivity index (χ3n) is 4.10. The molecule has 2 heterocycles. The molecule has 114 valence electrons. The molecular formula is C17H25N3S. The van der Waals surface area contributed by atoms with E-state index < -0.39 is 0 Å². The Labute approximate surface area is 131 Å². The minimum absolute atomic E-state index is 0.0487. The first-order valence-corrected chi connectivity index (χ1v) is 8.88. The van der Waals surface area contributed by atoms with Gasteiger partial charge in [0.25, 0.3) is 0 Å². The summed E-state index contributed by atoms with van der Waals surface area (Å²) < 4.78 is 2.43. The molecule has 0 aliphatic carbocycles. The molecule has 0 radical (unpaired) electrons. The fourth-order valence-corrected chi connectivity index (χ4v) is 4.35. The maximum absolute atomic E-state index is 5.92. The van der Waals surface area contributed by atoms with Crippen molar-refractivity contribution in [2.45, 2.75) is 57.2 Å². The first-order valence-electron chi connectivity index (χ1n) is 7.83. The Morgan fingerprint density at radius 3 is 2.81 bits per heavy atom. The fourth-order valence-electron chi connectivity index (χ4n) is 3.06. The molecule has 1 aliphatic rings. The average Bonchev–Trinajstić information content (AvgIpc) is 2.78. The summed E-state index contributed by atoms with van der Waals surface area (Å²) in [6.45, 7) is 7.78. The van der Waals surface area contributed by atoms with E-state index in [0.717, 1.165) is 23.0 Å². The highest BCUT2D eigenvalue weighted by Gasteiger charge is 2.25. The first kappa shape index (κ1) is 14.8. The van der Waals surface area contributed by atoms with Crippen LogP contribution in [0.3, 0.4) is 0 Å². The lowest BCUT2D eigenvalue weighted by molar-refractivity contribution is 0.489. The molecule has 1 atom stereocenters. The molecule has 1 unspecified atom stereocenters. The van der Waals surface area contributed by atoms with E-state index in [9.17, 15) is 0 Å². The molecule has 3 nitrogen and oxygen atoms in total. The van der Waals surface area contributed by atoms with Gasteiger partial charge in [-0.25, -0.2) is 4.98 Å². The van der Waals surface area contributed by atoms with E-state index in [1.165, 1.54) is 36.4 Å². The van der Waals surface area contributed by atoms with Gasteiger partial charge < -0.3 is 10.3 Å². The molecule has 1 aliphatic heterocycles. The molecule has 21 heavy (non-hydrogen) atoms. The molecule has 4 heteroatoms. The molecular weight excluding hydrogens is 278 g/mol. The number of hydrogen-bond donors (Lipinski definition) is 1. The summed E-state index contributed by atoms with van der Waals surface area (Å²) in [6.07, 6.45) is 4.06. The second-order valence-electron chi connectivity index (χ2n) is 7.03. The number of aromatic nitrogens is 2. The number of fused-ring (bicyclic) bond motifs is 1. The number of benzene rings is 1. The molecule has 0 amide bonds. The van der Waals surface area contributed by atoms with Crippen LogP contribution in [0.25, 0.3) is 11.0 Å². The lowest BCUT2D eigenvalue weighted by Crippen LogP contribution is -2.24. The molecule has 2 aromatic rings. The molecule has 0 bridgehead atoms. The summed E-state index contributed by atoms with van der Waals surface area (Å²) in [7, 11) is 0. The van der Waals surface area contributed by atoms with E-state index in [-0.39, 0.29) is 5.41 Å². The molecule has 3 rings (SSSR count). The van der Waals surface area contributed by atoms with E-state index in [0.29, 0.717) is 0 Å². The summed E-state index contributed by atoms with van der Waals surface area (Å²) in [4.78, 5) is 4.88. The van der Waals surface area contributed by atoms with Crippen molar-refractivity contribution in [1.82, 2.24) is 9.55 Å². The third-order valence-corrected chi connectivity index (χ3v) is 5.48. The van der Waals surface area contributed by atoms with Gasteiger partial charge in [0.2, 0.25) is 0 Å². The molecule has 2 N–H and O–H groups in total. The maximum Gasteiger partial charge on any atom is 0.115 e. The number of nitrogen functional groups attached to an aromatic ring is 1. The van der Waals surface area contributed by atoms with E-state index in [4.69, 9.17) is 10.7 Å². The molecule has 0 saturated carbocycles. The van der Waals surface area contributed by atoms with Gasteiger partial charge in [-0.2, -0.15) is 11.8 Å². The van der Waals surface area contributed by atoms with Crippen LogP contribution < -0.4 is 5.73 Å². The lowest BCUT2D eigenvalue weighted by atomic mass is 9.95. The van der Waals surface area contributed by atoms with Gasteiger partial charge >= 0.3 is 0 Å². The quantitative estimate of drug-likeness (QED) is 0.846. The van der Waals surface area contributed by atoms with Crippen LogP contribution in [0.2, 0.25) is 0 Å². The van der Waals surface area contributed by atoms with E-state index in [1.807, 2.05) is 12.1 Å². The average molecular weight is 303 g/mol. The Morgan fingerprint density at radius 1 is 1.33 bits per heavy atom. The summed E-state index contributed by atoms with van der Waals surface area (Å²) in [5.74, 6) is 2.48. The van der Waals surface area contributed by atoms with Crippen molar-refractivity contribution in [3.05, 3.63) is 24.0 Å². The predicted molar refractivity (Wildman–Crippen MR) is 92.9 cm³/mol. The number of hydrogen-bond acceptors (Lipinski definition) is 3. The van der Waals surface area contributed by atoms with Crippen molar-refractivity contribution in [3.63, 3.8) is 0 Å². The van der Waals surface area contributed by atoms with Crippen LogP contribution in [0.1, 0.15) is 45.9 Å². The topological polar surface area (TPSA) is 43.8 Å². The zero-order valence-corrected chi connectivity index (χ0v) is 14.0. The molecule has 1 fully saturated rings. The van der Waals surface area contributed by atoms with Crippen molar-refractivity contribution >= 4 is 28.5 Å². The van der Waals surface area contributed by atoms with Gasteiger partial charge in [0.05, 0.1) is 11.0 Å². The predicted octanol–water partition coefficient (Wildman–Crippen LogP) is 4.20. The van der Waals surface area contributed by atoms with E-state index in [1.54, 1.807) is 0 Å². The standard InChI is InChI=1S/C17H25N3S/c1-17(2,3)16-19-14-10-12(18)7-8-15(14)20(16)11-13-6-4-5-9-21-13/h7-8,10,13H,4-6,9,11,18H2,1-3H3. The second kappa shape index (κ2) is 5.56. The van der Waals surface area contributed by atoms with Crippen molar-refractivity contribution in [3.8, 4) is 0 Å². The first-order chi connectivity index (χ1) is 9.95. The number of imidazole rings is 1. The molecule has 1 saturated heterocycles. The van der Waals surface area contributed by atoms with Gasteiger partial charge in [0, 0.05) is 22.9 Å². The van der Waals surface area contributed by atoms with Crippen LogP contribution in [0.5, 0.6) is 0 Å². The SMILES string of the molecule is CC(C)(C)c1nc2cc(N)ccc2n1CC1CCCCS1. The highest BCUT2D eigenvalue weighted by molar-refractivity contribution is 7.99. The Morgan fingerprint density at radius 2 is 2.14 bits per heavy atom. The van der Waals surface area contributed by atoms with Gasteiger partial charge in [-0.15, -0.1) is 0 Å². The van der Waals surface area contributed by atoms with Crippen molar-refractivity contribution in [2.75, 3.05) is 11.5 Å². The monoisotopic (exact) mass is 303 g/mol. The van der Waals surface area contributed by atoms with Gasteiger partial charge in [-0.3, -0.25) is 0 Å². The van der Waals surface area contributed by atoms with E-state index in [2.05, 4.69) is 43.2 Å². The minimum atomic E-state index is 0.0487. The second-order valence-corrected chi connectivity index (χ2v) is 8.44. The van der Waals surface area contributed by atoms with E-state index >= 15 is 0 Å². The third kappa shape index (κ3) is 3.05.